The number of hydrogen-bond acceptors (Lipinski definition) is 1. The van der Waals surface area contributed by atoms with Crippen LogP contribution in [0.4, 0.5) is 0 Å². The van der Waals surface area contributed by atoms with Gasteiger partial charge in [-0.2, -0.15) is 0 Å². The highest BCUT2D eigenvalue weighted by Crippen LogP contribution is 2.45. The Morgan fingerprint density at radius 3 is 1.71 bits per heavy atom. The van der Waals surface area contributed by atoms with Gasteiger partial charge in [-0.05, 0) is 37.0 Å². The SMILES string of the molecule is CC(C)CCCCCCCCCCC[C@H]1C[C@@H]1CCCO. The van der Waals surface area contributed by atoms with Crippen molar-refractivity contribution >= 4 is 0 Å². The van der Waals surface area contributed by atoms with Crippen molar-refractivity contribution in [1.82, 2.24) is 0 Å². The van der Waals surface area contributed by atoms with Gasteiger partial charge in [0.15, 0.2) is 0 Å². The molecule has 0 aromatic rings. The van der Waals surface area contributed by atoms with Crippen molar-refractivity contribution in [3.63, 3.8) is 0 Å². The van der Waals surface area contributed by atoms with Crippen molar-refractivity contribution in [3.8, 4) is 0 Å². The Morgan fingerprint density at radius 1 is 0.714 bits per heavy atom. The van der Waals surface area contributed by atoms with Gasteiger partial charge in [-0.1, -0.05) is 84.5 Å². The molecule has 0 aromatic carbocycles. The van der Waals surface area contributed by atoms with Gasteiger partial charge in [0.05, 0.1) is 0 Å². The van der Waals surface area contributed by atoms with E-state index >= 15 is 0 Å². The molecule has 1 saturated carbocycles. The molecule has 0 radical (unpaired) electrons. The zero-order chi connectivity index (χ0) is 15.3. The Kier molecular flexibility index (Phi) is 11.3. The minimum absolute atomic E-state index is 0.390. The van der Waals surface area contributed by atoms with Crippen LogP contribution in [0.2, 0.25) is 0 Å². The number of rotatable bonds is 15. The average molecular weight is 297 g/mol. The average Bonchev–Trinajstić information content (AvgIpc) is 3.20. The van der Waals surface area contributed by atoms with Crippen LogP contribution in [0.3, 0.4) is 0 Å². The van der Waals surface area contributed by atoms with Gasteiger partial charge >= 0.3 is 0 Å². The van der Waals surface area contributed by atoms with E-state index in [4.69, 9.17) is 5.11 Å². The van der Waals surface area contributed by atoms with Crippen LogP contribution in [0.1, 0.15) is 104 Å². The molecule has 0 unspecified atom stereocenters. The summed E-state index contributed by atoms with van der Waals surface area (Å²) < 4.78 is 0. The summed E-state index contributed by atoms with van der Waals surface area (Å²) in [6, 6.07) is 0. The zero-order valence-corrected chi connectivity index (χ0v) is 14.8. The van der Waals surface area contributed by atoms with Crippen molar-refractivity contribution in [2.45, 2.75) is 104 Å². The number of hydrogen-bond donors (Lipinski definition) is 1. The Hall–Kier alpha value is -0.0400. The second-order valence-electron chi connectivity index (χ2n) is 7.77. The standard InChI is InChI=1S/C20H40O/c1-18(2)13-10-8-6-4-3-5-7-9-11-14-19-17-20(19)15-12-16-21/h18-21H,3-17H2,1-2H3/t19-,20-/m0/s1. The van der Waals surface area contributed by atoms with E-state index in [0.29, 0.717) is 6.61 Å². The summed E-state index contributed by atoms with van der Waals surface area (Å²) in [5.41, 5.74) is 0. The highest BCUT2D eigenvalue weighted by atomic mass is 16.2. The lowest BCUT2D eigenvalue weighted by atomic mass is 10.0. The van der Waals surface area contributed by atoms with Gasteiger partial charge in [0, 0.05) is 6.61 Å². The third kappa shape index (κ3) is 11.2. The van der Waals surface area contributed by atoms with Crippen LogP contribution < -0.4 is 0 Å². The van der Waals surface area contributed by atoms with Gasteiger partial charge < -0.3 is 5.11 Å². The van der Waals surface area contributed by atoms with Crippen molar-refractivity contribution in [3.05, 3.63) is 0 Å². The predicted molar refractivity (Wildman–Crippen MR) is 93.5 cm³/mol. The third-order valence-electron chi connectivity index (χ3n) is 5.16. The van der Waals surface area contributed by atoms with E-state index in [1.165, 1.54) is 83.5 Å². The summed E-state index contributed by atoms with van der Waals surface area (Å²) in [6.07, 6.45) is 19.7. The molecule has 1 aliphatic carbocycles. The molecule has 21 heavy (non-hydrogen) atoms. The molecule has 1 nitrogen and oxygen atoms in total. The second kappa shape index (κ2) is 12.5. The van der Waals surface area contributed by atoms with Crippen molar-refractivity contribution in [2.24, 2.45) is 17.8 Å². The van der Waals surface area contributed by atoms with Crippen LogP contribution in [-0.4, -0.2) is 11.7 Å². The Bertz CT molecular complexity index is 224. The second-order valence-corrected chi connectivity index (χ2v) is 7.77. The molecular formula is C20H40O. The number of aliphatic hydroxyl groups excluding tert-OH is 1. The summed E-state index contributed by atoms with van der Waals surface area (Å²) in [4.78, 5) is 0. The largest absolute Gasteiger partial charge is 0.396 e. The molecule has 0 amide bonds. The van der Waals surface area contributed by atoms with Crippen LogP contribution in [0, 0.1) is 17.8 Å². The molecule has 0 aromatic heterocycles. The van der Waals surface area contributed by atoms with Crippen LogP contribution in [-0.2, 0) is 0 Å². The van der Waals surface area contributed by atoms with Gasteiger partial charge in [-0.3, -0.25) is 0 Å². The molecule has 1 rings (SSSR count). The first-order valence-corrected chi connectivity index (χ1v) is 9.85. The predicted octanol–water partition coefficient (Wildman–Crippen LogP) is 6.34. The van der Waals surface area contributed by atoms with Crippen LogP contribution in [0.15, 0.2) is 0 Å². The Morgan fingerprint density at radius 2 is 1.19 bits per heavy atom. The molecule has 0 saturated heterocycles. The molecular weight excluding hydrogens is 256 g/mol. The molecule has 126 valence electrons. The van der Waals surface area contributed by atoms with Crippen molar-refractivity contribution in [1.29, 1.82) is 0 Å². The third-order valence-corrected chi connectivity index (χ3v) is 5.16. The summed E-state index contributed by atoms with van der Waals surface area (Å²) in [5, 5.41) is 8.82. The fourth-order valence-electron chi connectivity index (χ4n) is 3.57. The maximum atomic E-state index is 8.82. The molecule has 0 bridgehead atoms. The minimum atomic E-state index is 0.390. The van der Waals surface area contributed by atoms with Gasteiger partial charge in [-0.25, -0.2) is 0 Å². The maximum absolute atomic E-state index is 8.82. The van der Waals surface area contributed by atoms with E-state index in [0.717, 1.165) is 24.2 Å². The van der Waals surface area contributed by atoms with E-state index in [2.05, 4.69) is 13.8 Å². The topological polar surface area (TPSA) is 20.2 Å². The van der Waals surface area contributed by atoms with E-state index in [1.807, 2.05) is 0 Å². The fraction of sp³-hybridized carbons (Fsp3) is 1.00. The van der Waals surface area contributed by atoms with E-state index < -0.39 is 0 Å². The smallest absolute Gasteiger partial charge is 0.0431 e. The Labute approximate surface area is 133 Å². The fourth-order valence-corrected chi connectivity index (χ4v) is 3.57. The first kappa shape index (κ1) is 19.0. The van der Waals surface area contributed by atoms with Crippen molar-refractivity contribution < 1.29 is 5.11 Å². The molecule has 1 heteroatoms. The lowest BCUT2D eigenvalue weighted by molar-refractivity contribution is 0.279. The lowest BCUT2D eigenvalue weighted by Gasteiger charge is -2.04. The minimum Gasteiger partial charge on any atom is -0.396 e. The molecule has 1 N–H and O–H groups in total. The monoisotopic (exact) mass is 296 g/mol. The molecule has 0 heterocycles. The van der Waals surface area contributed by atoms with Crippen LogP contribution >= 0.6 is 0 Å². The number of unbranched alkanes of at least 4 members (excludes halogenated alkanes) is 8. The van der Waals surface area contributed by atoms with Crippen LogP contribution in [0.25, 0.3) is 0 Å². The van der Waals surface area contributed by atoms with Crippen molar-refractivity contribution in [2.75, 3.05) is 6.61 Å². The summed E-state index contributed by atoms with van der Waals surface area (Å²) >= 11 is 0. The van der Waals surface area contributed by atoms with Gasteiger partial charge in [0.2, 0.25) is 0 Å². The first-order chi connectivity index (χ1) is 10.2. The van der Waals surface area contributed by atoms with Gasteiger partial charge in [-0.15, -0.1) is 0 Å². The highest BCUT2D eigenvalue weighted by Gasteiger charge is 2.34. The normalized spacial score (nSPS) is 21.1. The summed E-state index contributed by atoms with van der Waals surface area (Å²) in [6.45, 7) is 5.05. The zero-order valence-electron chi connectivity index (χ0n) is 14.8. The Balaban J connectivity index is 1.70. The summed E-state index contributed by atoms with van der Waals surface area (Å²) in [5.74, 6) is 2.89. The van der Waals surface area contributed by atoms with Gasteiger partial charge in [0.1, 0.15) is 0 Å². The van der Waals surface area contributed by atoms with E-state index in [9.17, 15) is 0 Å². The lowest BCUT2D eigenvalue weighted by Crippen LogP contribution is -1.88. The van der Waals surface area contributed by atoms with Gasteiger partial charge in [0.25, 0.3) is 0 Å². The molecule has 1 aliphatic rings. The quantitative estimate of drug-likeness (QED) is 0.349. The van der Waals surface area contributed by atoms with Crippen LogP contribution in [0.5, 0.6) is 0 Å². The summed E-state index contributed by atoms with van der Waals surface area (Å²) in [7, 11) is 0. The number of aliphatic hydroxyl groups is 1. The van der Waals surface area contributed by atoms with E-state index in [1.54, 1.807) is 0 Å². The highest BCUT2D eigenvalue weighted by molar-refractivity contribution is 4.85. The first-order valence-electron chi connectivity index (χ1n) is 9.85. The van der Waals surface area contributed by atoms with E-state index in [-0.39, 0.29) is 0 Å². The molecule has 1 fully saturated rings. The molecule has 2 atom stereocenters. The molecule has 0 spiro atoms. The maximum Gasteiger partial charge on any atom is 0.0431 e. The molecule has 0 aliphatic heterocycles.